The third kappa shape index (κ3) is 2.16. The molecule has 0 spiro atoms. The van der Waals surface area contributed by atoms with Crippen molar-refractivity contribution in [1.82, 2.24) is 14.5 Å². The fourth-order valence-corrected chi connectivity index (χ4v) is 2.39. The molecule has 0 radical (unpaired) electrons. The fourth-order valence-electron chi connectivity index (χ4n) is 2.39. The quantitative estimate of drug-likeness (QED) is 0.488. The lowest BCUT2D eigenvalue weighted by Gasteiger charge is -2.16. The molecule has 4 atom stereocenters. The van der Waals surface area contributed by atoms with Gasteiger partial charge in [-0.2, -0.15) is 0 Å². The van der Waals surface area contributed by atoms with Crippen LogP contribution in [0.4, 0.5) is 0 Å². The summed E-state index contributed by atoms with van der Waals surface area (Å²) < 4.78 is 6.71. The lowest BCUT2D eigenvalue weighted by molar-refractivity contribution is -0.0508. The van der Waals surface area contributed by atoms with Crippen LogP contribution >= 0.6 is 0 Å². The van der Waals surface area contributed by atoms with Gasteiger partial charge in [-0.25, -0.2) is 4.98 Å². The molecule has 9 heteroatoms. The van der Waals surface area contributed by atoms with E-state index in [1.807, 2.05) is 0 Å². The molecular formula is C12H13N3O6. The average molecular weight is 295 g/mol. The van der Waals surface area contributed by atoms with Crippen molar-refractivity contribution < 1.29 is 20.1 Å². The van der Waals surface area contributed by atoms with Gasteiger partial charge in [0, 0.05) is 6.07 Å². The van der Waals surface area contributed by atoms with E-state index in [4.69, 9.17) is 9.84 Å². The average Bonchev–Trinajstić information content (AvgIpc) is 2.95. The zero-order valence-electron chi connectivity index (χ0n) is 10.7. The summed E-state index contributed by atoms with van der Waals surface area (Å²) in [5.74, 6) is 0. The molecule has 2 aromatic heterocycles. The number of aliphatic hydroxyl groups is 3. The van der Waals surface area contributed by atoms with Crippen molar-refractivity contribution >= 4 is 11.0 Å². The zero-order valence-corrected chi connectivity index (χ0v) is 10.7. The molecular weight excluding hydrogens is 282 g/mol. The van der Waals surface area contributed by atoms with E-state index in [1.54, 1.807) is 0 Å². The Hall–Kier alpha value is -2.07. The molecule has 0 amide bonds. The molecule has 1 aliphatic heterocycles. The van der Waals surface area contributed by atoms with Crippen molar-refractivity contribution in [2.45, 2.75) is 24.5 Å². The Morgan fingerprint density at radius 1 is 1.29 bits per heavy atom. The number of aliphatic hydroxyl groups excluding tert-OH is 3. The highest BCUT2D eigenvalue weighted by Crippen LogP contribution is 2.30. The topological polar surface area (TPSA) is 138 Å². The summed E-state index contributed by atoms with van der Waals surface area (Å²) in [6.07, 6.45) is -3.24. The number of aromatic nitrogens is 3. The molecule has 4 N–H and O–H groups in total. The Kier molecular flexibility index (Phi) is 3.33. The molecule has 0 aromatic carbocycles. The lowest BCUT2D eigenvalue weighted by atomic mass is 10.1. The fraction of sp³-hybridized carbons (Fsp3) is 0.417. The minimum Gasteiger partial charge on any atom is -0.394 e. The predicted molar refractivity (Wildman–Crippen MR) is 69.6 cm³/mol. The normalized spacial score (nSPS) is 29.1. The molecule has 0 bridgehead atoms. The van der Waals surface area contributed by atoms with Crippen molar-refractivity contribution in [2.75, 3.05) is 6.61 Å². The van der Waals surface area contributed by atoms with Gasteiger partial charge in [0.05, 0.1) is 18.5 Å². The highest BCUT2D eigenvalue weighted by atomic mass is 16.6. The Balaban J connectivity index is 2.15. The first-order valence-electron chi connectivity index (χ1n) is 6.25. The maximum Gasteiger partial charge on any atom is 0.278 e. The number of H-pyrrole nitrogens is 1. The molecule has 0 saturated carbocycles. The zero-order chi connectivity index (χ0) is 15.1. The second kappa shape index (κ2) is 5.04. The van der Waals surface area contributed by atoms with E-state index in [2.05, 4.69) is 9.97 Å². The summed E-state index contributed by atoms with van der Waals surface area (Å²) >= 11 is 0. The van der Waals surface area contributed by atoms with E-state index in [-0.39, 0.29) is 11.0 Å². The summed E-state index contributed by atoms with van der Waals surface area (Å²) in [7, 11) is 0. The van der Waals surface area contributed by atoms with E-state index in [0.717, 1.165) is 6.07 Å². The van der Waals surface area contributed by atoms with Gasteiger partial charge < -0.3 is 24.6 Å². The second-order valence-electron chi connectivity index (χ2n) is 4.77. The van der Waals surface area contributed by atoms with Gasteiger partial charge in [0.25, 0.3) is 11.1 Å². The Bertz CT molecular complexity index is 784. The van der Waals surface area contributed by atoms with Gasteiger partial charge in [0.1, 0.15) is 18.3 Å². The summed E-state index contributed by atoms with van der Waals surface area (Å²) in [5.41, 5.74) is -0.959. The molecule has 1 aliphatic rings. The number of fused-ring (bicyclic) bond motifs is 1. The van der Waals surface area contributed by atoms with E-state index < -0.39 is 42.3 Å². The molecule has 21 heavy (non-hydrogen) atoms. The molecule has 0 aliphatic carbocycles. The first kappa shape index (κ1) is 13.9. The van der Waals surface area contributed by atoms with Gasteiger partial charge in [-0.15, -0.1) is 0 Å². The Morgan fingerprint density at radius 2 is 2.05 bits per heavy atom. The molecule has 1 fully saturated rings. The van der Waals surface area contributed by atoms with Crippen LogP contribution in [0.2, 0.25) is 0 Å². The highest BCUT2D eigenvalue weighted by molar-refractivity contribution is 5.73. The monoisotopic (exact) mass is 295 g/mol. The molecule has 9 nitrogen and oxygen atoms in total. The van der Waals surface area contributed by atoms with Crippen LogP contribution in [0.15, 0.2) is 28.0 Å². The van der Waals surface area contributed by atoms with Crippen LogP contribution in [0, 0.1) is 0 Å². The number of aromatic amines is 1. The summed E-state index contributed by atoms with van der Waals surface area (Å²) in [6, 6.07) is 2.53. The largest absolute Gasteiger partial charge is 0.394 e. The third-order valence-electron chi connectivity index (χ3n) is 3.47. The lowest BCUT2D eigenvalue weighted by Crippen LogP contribution is -2.33. The van der Waals surface area contributed by atoms with Crippen LogP contribution in [0.25, 0.3) is 11.0 Å². The van der Waals surface area contributed by atoms with Crippen LogP contribution in [-0.2, 0) is 4.74 Å². The maximum absolute atomic E-state index is 11.8. The first-order valence-corrected chi connectivity index (χ1v) is 6.25. The smallest absolute Gasteiger partial charge is 0.278 e. The van der Waals surface area contributed by atoms with Gasteiger partial charge in [-0.3, -0.25) is 14.6 Å². The van der Waals surface area contributed by atoms with Crippen LogP contribution < -0.4 is 11.1 Å². The first-order chi connectivity index (χ1) is 10.0. The van der Waals surface area contributed by atoms with E-state index in [9.17, 15) is 19.8 Å². The van der Waals surface area contributed by atoms with Crippen molar-refractivity contribution in [1.29, 1.82) is 0 Å². The number of nitrogens with zero attached hydrogens (tertiary/aromatic N) is 2. The predicted octanol–water partition coefficient (Wildman–Crippen LogP) is -2.30. The molecule has 1 saturated heterocycles. The minimum absolute atomic E-state index is 0.00911. The van der Waals surface area contributed by atoms with E-state index >= 15 is 0 Å². The van der Waals surface area contributed by atoms with Crippen molar-refractivity contribution in [3.63, 3.8) is 0 Å². The van der Waals surface area contributed by atoms with Gasteiger partial charge in [-0.05, 0) is 6.07 Å². The number of imidazole rings is 1. The molecule has 3 rings (SSSR count). The molecule has 0 unspecified atom stereocenters. The van der Waals surface area contributed by atoms with E-state index in [0.29, 0.717) is 0 Å². The van der Waals surface area contributed by atoms with Crippen molar-refractivity contribution in [3.8, 4) is 0 Å². The summed E-state index contributed by atoms with van der Waals surface area (Å²) in [4.78, 5) is 29.1. The van der Waals surface area contributed by atoms with Gasteiger partial charge in [0.15, 0.2) is 11.7 Å². The Labute approximate surface area is 117 Å². The maximum atomic E-state index is 11.8. The number of ether oxygens (including phenoxy) is 1. The minimum atomic E-state index is -1.30. The van der Waals surface area contributed by atoms with Gasteiger partial charge in [0.2, 0.25) is 0 Å². The van der Waals surface area contributed by atoms with Gasteiger partial charge in [-0.1, -0.05) is 0 Å². The molecule has 2 aromatic rings. The number of nitrogens with one attached hydrogen (secondary N) is 1. The Morgan fingerprint density at radius 3 is 2.71 bits per heavy atom. The van der Waals surface area contributed by atoms with Crippen LogP contribution in [0.1, 0.15) is 6.23 Å². The number of rotatable bonds is 2. The molecule has 112 valence electrons. The summed E-state index contributed by atoms with van der Waals surface area (Å²) in [6.45, 7) is -0.458. The number of hydrogen-bond acceptors (Lipinski definition) is 7. The van der Waals surface area contributed by atoms with Crippen molar-refractivity contribution in [3.05, 3.63) is 39.2 Å². The van der Waals surface area contributed by atoms with E-state index in [1.165, 1.54) is 17.0 Å². The SMILES string of the molecule is O=c1ccc2c(ncn2[C@@H]2O[C@H](CO)[C@@H](O)[C@H]2O)c(=O)[nH]1. The standard InChI is InChI=1S/C12H13N3O6/c16-3-6-9(18)10(19)12(21-6)15-4-13-8-5(15)1-2-7(17)14-11(8)20/h1-2,4,6,9-10,12,16,18-19H,3H2,(H,14,17,20)/t6-,9-,10-,12-/m1/s1. The van der Waals surface area contributed by atoms with Crippen LogP contribution in [0.3, 0.4) is 0 Å². The van der Waals surface area contributed by atoms with Crippen molar-refractivity contribution in [2.24, 2.45) is 0 Å². The third-order valence-corrected chi connectivity index (χ3v) is 3.47. The second-order valence-corrected chi connectivity index (χ2v) is 4.77. The van der Waals surface area contributed by atoms with Gasteiger partial charge >= 0.3 is 0 Å². The van der Waals surface area contributed by atoms with Crippen LogP contribution in [-0.4, -0.2) is 54.8 Å². The highest BCUT2D eigenvalue weighted by Gasteiger charge is 2.43. The number of hydrogen-bond donors (Lipinski definition) is 4. The van der Waals surface area contributed by atoms with Crippen LogP contribution in [0.5, 0.6) is 0 Å². The summed E-state index contributed by atoms with van der Waals surface area (Å²) in [5, 5.41) is 28.8. The molecule has 3 heterocycles.